The lowest BCUT2D eigenvalue weighted by molar-refractivity contribution is 0.0794. The highest BCUT2D eigenvalue weighted by atomic mass is 16.5. The van der Waals surface area contributed by atoms with Crippen molar-refractivity contribution in [2.75, 3.05) is 0 Å². The molecule has 130 valence electrons. The maximum atomic E-state index is 13.4. The molecule has 1 aromatic heterocycles. The summed E-state index contributed by atoms with van der Waals surface area (Å²) >= 11 is 0. The van der Waals surface area contributed by atoms with Gasteiger partial charge in [-0.2, -0.15) is 5.26 Å². The Labute approximate surface area is 156 Å². The van der Waals surface area contributed by atoms with Crippen LogP contribution in [0.15, 0.2) is 85.1 Å². The Balaban J connectivity index is 1.76. The third-order valence-corrected chi connectivity index (χ3v) is 4.41. The number of hydrogen-bond acceptors (Lipinski definition) is 3. The van der Waals surface area contributed by atoms with Gasteiger partial charge in [-0.1, -0.05) is 54.6 Å². The van der Waals surface area contributed by atoms with Crippen molar-refractivity contribution in [3.8, 4) is 11.8 Å². The molecule has 0 saturated carbocycles. The first-order valence-corrected chi connectivity index (χ1v) is 8.58. The van der Waals surface area contributed by atoms with Gasteiger partial charge in [0.05, 0.1) is 11.6 Å². The Morgan fingerprint density at radius 3 is 2.56 bits per heavy atom. The van der Waals surface area contributed by atoms with Crippen LogP contribution >= 0.6 is 0 Å². The van der Waals surface area contributed by atoms with E-state index in [0.717, 1.165) is 16.5 Å². The van der Waals surface area contributed by atoms with E-state index >= 15 is 0 Å². The summed E-state index contributed by atoms with van der Waals surface area (Å²) in [6.07, 6.45) is 0.914. The second-order valence-corrected chi connectivity index (χ2v) is 6.16. The van der Waals surface area contributed by atoms with Crippen molar-refractivity contribution in [2.24, 2.45) is 0 Å². The smallest absolute Gasteiger partial charge is 0.210 e. The molecule has 1 atom stereocenters. The van der Waals surface area contributed by atoms with Gasteiger partial charge in [-0.25, -0.2) is 0 Å². The third-order valence-electron chi connectivity index (χ3n) is 4.41. The summed E-state index contributed by atoms with van der Waals surface area (Å²) in [7, 11) is 0. The van der Waals surface area contributed by atoms with Gasteiger partial charge in [-0.05, 0) is 24.3 Å². The van der Waals surface area contributed by atoms with Crippen molar-refractivity contribution < 1.29 is 9.53 Å². The summed E-state index contributed by atoms with van der Waals surface area (Å²) in [5, 5.41) is 9.97. The first-order valence-electron chi connectivity index (χ1n) is 8.58. The molecule has 4 heteroatoms. The van der Waals surface area contributed by atoms with Crippen LogP contribution in [0.5, 0.6) is 5.75 Å². The molecule has 1 heterocycles. The molecule has 27 heavy (non-hydrogen) atoms. The number of para-hydroxylation sites is 1. The number of Topliss-reactive ketones (excluding diaryl/α,β-unsaturated/α-hetero) is 1. The predicted molar refractivity (Wildman–Crippen MR) is 104 cm³/mol. The molecule has 0 aliphatic heterocycles. The fourth-order valence-electron chi connectivity index (χ4n) is 3.09. The number of nitrogens with one attached hydrogen (secondary N) is 1. The van der Waals surface area contributed by atoms with E-state index < -0.39 is 6.10 Å². The van der Waals surface area contributed by atoms with E-state index in [2.05, 4.69) is 11.1 Å². The van der Waals surface area contributed by atoms with Gasteiger partial charge in [0.2, 0.25) is 5.78 Å². The normalized spacial score (nSPS) is 11.7. The molecular weight excluding hydrogens is 336 g/mol. The number of carbonyl (C=O) groups is 1. The van der Waals surface area contributed by atoms with E-state index in [1.54, 1.807) is 30.5 Å². The van der Waals surface area contributed by atoms with E-state index in [1.165, 1.54) is 0 Å². The summed E-state index contributed by atoms with van der Waals surface area (Å²) in [6, 6.07) is 26.0. The second kappa shape index (κ2) is 7.19. The second-order valence-electron chi connectivity index (χ2n) is 6.16. The maximum absolute atomic E-state index is 13.4. The molecule has 0 aliphatic carbocycles. The molecular formula is C23H16N2O2. The molecule has 1 unspecified atom stereocenters. The zero-order valence-corrected chi connectivity index (χ0v) is 14.4. The van der Waals surface area contributed by atoms with Crippen molar-refractivity contribution in [3.05, 3.63) is 102 Å². The van der Waals surface area contributed by atoms with Gasteiger partial charge in [0.1, 0.15) is 5.75 Å². The number of benzene rings is 3. The number of fused-ring (bicyclic) bond motifs is 1. The Hall–Kier alpha value is -3.84. The minimum atomic E-state index is -0.806. The zero-order valence-electron chi connectivity index (χ0n) is 14.4. The minimum Gasteiger partial charge on any atom is -0.477 e. The first-order chi connectivity index (χ1) is 13.3. The molecule has 1 N–H and O–H groups in total. The molecule has 4 aromatic rings. The van der Waals surface area contributed by atoms with E-state index in [0.29, 0.717) is 16.9 Å². The lowest BCUT2D eigenvalue weighted by Gasteiger charge is -2.18. The average Bonchev–Trinajstić information content (AvgIpc) is 3.16. The van der Waals surface area contributed by atoms with Gasteiger partial charge in [0.15, 0.2) is 6.10 Å². The number of rotatable bonds is 5. The monoisotopic (exact) mass is 352 g/mol. The van der Waals surface area contributed by atoms with Gasteiger partial charge in [-0.3, -0.25) is 4.79 Å². The molecule has 4 nitrogen and oxygen atoms in total. The molecule has 0 bridgehead atoms. The maximum Gasteiger partial charge on any atom is 0.210 e. The Morgan fingerprint density at radius 1 is 0.963 bits per heavy atom. The minimum absolute atomic E-state index is 0.138. The van der Waals surface area contributed by atoms with Crippen LogP contribution in [0.3, 0.4) is 0 Å². The molecule has 4 rings (SSSR count). The molecule has 0 aliphatic rings. The van der Waals surface area contributed by atoms with Crippen LogP contribution in [-0.2, 0) is 0 Å². The molecule has 0 radical (unpaired) electrons. The van der Waals surface area contributed by atoms with Crippen LogP contribution in [0.4, 0.5) is 0 Å². The number of nitriles is 1. The van der Waals surface area contributed by atoms with Crippen LogP contribution in [0.1, 0.15) is 27.6 Å². The fourth-order valence-corrected chi connectivity index (χ4v) is 3.09. The summed E-state index contributed by atoms with van der Waals surface area (Å²) in [5.74, 6) is 0.345. The topological polar surface area (TPSA) is 65.9 Å². The Kier molecular flexibility index (Phi) is 4.42. The van der Waals surface area contributed by atoms with Crippen molar-refractivity contribution in [1.82, 2.24) is 4.98 Å². The number of aromatic nitrogens is 1. The number of ether oxygens (including phenoxy) is 1. The SMILES string of the molecule is N#Cc1cccc(OC(C(=O)c2c[nH]c3ccccc23)c2ccccc2)c1. The average molecular weight is 352 g/mol. The molecule has 0 saturated heterocycles. The highest BCUT2D eigenvalue weighted by Gasteiger charge is 2.26. The third kappa shape index (κ3) is 3.31. The highest BCUT2D eigenvalue weighted by Crippen LogP contribution is 2.29. The Morgan fingerprint density at radius 2 is 1.74 bits per heavy atom. The van der Waals surface area contributed by atoms with Crippen LogP contribution < -0.4 is 4.74 Å². The molecule has 0 fully saturated rings. The van der Waals surface area contributed by atoms with E-state index in [4.69, 9.17) is 10.00 Å². The van der Waals surface area contributed by atoms with Gasteiger partial charge >= 0.3 is 0 Å². The fraction of sp³-hybridized carbons (Fsp3) is 0.0435. The number of hydrogen-bond donors (Lipinski definition) is 1. The lowest BCUT2D eigenvalue weighted by atomic mass is 9.99. The van der Waals surface area contributed by atoms with Gasteiger partial charge < -0.3 is 9.72 Å². The summed E-state index contributed by atoms with van der Waals surface area (Å²) in [4.78, 5) is 16.5. The van der Waals surface area contributed by atoms with Crippen LogP contribution in [-0.4, -0.2) is 10.8 Å². The summed E-state index contributed by atoms with van der Waals surface area (Å²) in [5.41, 5.74) is 2.73. The summed E-state index contributed by atoms with van der Waals surface area (Å²) in [6.45, 7) is 0. The molecule has 0 spiro atoms. The standard InChI is InChI=1S/C23H16N2O2/c24-14-16-7-6-10-18(13-16)27-23(17-8-2-1-3-9-17)22(26)20-15-25-21-12-5-4-11-19(20)21/h1-13,15,23,25H. The first kappa shape index (κ1) is 16.6. The van der Waals surface area contributed by atoms with Gasteiger partial charge in [-0.15, -0.1) is 0 Å². The van der Waals surface area contributed by atoms with E-state index in [9.17, 15) is 4.79 Å². The zero-order chi connectivity index (χ0) is 18.6. The van der Waals surface area contributed by atoms with Crippen LogP contribution in [0.25, 0.3) is 10.9 Å². The van der Waals surface area contributed by atoms with Crippen molar-refractivity contribution in [3.63, 3.8) is 0 Å². The molecule has 0 amide bonds. The number of H-pyrrole nitrogens is 1. The van der Waals surface area contributed by atoms with E-state index in [-0.39, 0.29) is 5.78 Å². The van der Waals surface area contributed by atoms with E-state index in [1.807, 2.05) is 54.6 Å². The number of ketones is 1. The van der Waals surface area contributed by atoms with Crippen molar-refractivity contribution >= 4 is 16.7 Å². The number of aromatic amines is 1. The van der Waals surface area contributed by atoms with Gasteiger partial charge in [0, 0.05) is 28.2 Å². The quantitative estimate of drug-likeness (QED) is 0.512. The summed E-state index contributed by atoms with van der Waals surface area (Å²) < 4.78 is 6.06. The molecule has 3 aromatic carbocycles. The Bertz CT molecular complexity index is 1140. The highest BCUT2D eigenvalue weighted by molar-refractivity contribution is 6.10. The number of nitrogens with zero attached hydrogens (tertiary/aromatic N) is 1. The van der Waals surface area contributed by atoms with Crippen molar-refractivity contribution in [2.45, 2.75) is 6.10 Å². The van der Waals surface area contributed by atoms with Crippen LogP contribution in [0, 0.1) is 11.3 Å². The predicted octanol–water partition coefficient (Wildman–Crippen LogP) is 5.04. The number of carbonyl (C=O) groups excluding carboxylic acids is 1. The van der Waals surface area contributed by atoms with Gasteiger partial charge in [0.25, 0.3) is 0 Å². The largest absolute Gasteiger partial charge is 0.477 e. The van der Waals surface area contributed by atoms with Crippen molar-refractivity contribution in [1.29, 1.82) is 5.26 Å². The lowest BCUT2D eigenvalue weighted by Crippen LogP contribution is -2.19. The van der Waals surface area contributed by atoms with Crippen LogP contribution in [0.2, 0.25) is 0 Å².